The van der Waals surface area contributed by atoms with Crippen molar-refractivity contribution in [1.29, 1.82) is 0 Å². The van der Waals surface area contributed by atoms with Crippen LogP contribution in [0.2, 0.25) is 0 Å². The molecule has 0 unspecified atom stereocenters. The molecular formula is C17H17N3S. The summed E-state index contributed by atoms with van der Waals surface area (Å²) in [6.45, 7) is 4.19. The van der Waals surface area contributed by atoms with Crippen LogP contribution in [-0.4, -0.2) is 15.8 Å². The Morgan fingerprint density at radius 3 is 2.76 bits per heavy atom. The molecule has 3 aromatic rings. The number of nitrogens with two attached hydrogens (primary N) is 1. The third-order valence-corrected chi connectivity index (χ3v) is 4.31. The van der Waals surface area contributed by atoms with Crippen LogP contribution in [0.25, 0.3) is 16.5 Å². The fourth-order valence-corrected chi connectivity index (χ4v) is 2.84. The predicted molar refractivity (Wildman–Crippen MR) is 91.5 cm³/mol. The van der Waals surface area contributed by atoms with Gasteiger partial charge in [-0.2, -0.15) is 0 Å². The topological polar surface area (TPSA) is 43.8 Å². The zero-order chi connectivity index (χ0) is 15.0. The summed E-state index contributed by atoms with van der Waals surface area (Å²) in [5.41, 5.74) is 10.1. The monoisotopic (exact) mass is 295 g/mol. The Kier molecular flexibility index (Phi) is 3.47. The highest BCUT2D eigenvalue weighted by molar-refractivity contribution is 7.98. The first kappa shape index (κ1) is 13.8. The van der Waals surface area contributed by atoms with Crippen LogP contribution in [0.5, 0.6) is 0 Å². The molecule has 0 fully saturated rings. The third-order valence-electron chi connectivity index (χ3n) is 3.67. The summed E-state index contributed by atoms with van der Waals surface area (Å²) in [5.74, 6) is 0.528. The van der Waals surface area contributed by atoms with Gasteiger partial charge in [-0.3, -0.25) is 0 Å². The van der Waals surface area contributed by atoms with Crippen molar-refractivity contribution < 1.29 is 0 Å². The maximum absolute atomic E-state index is 6.06. The van der Waals surface area contributed by atoms with Crippen molar-refractivity contribution in [3.8, 4) is 0 Å². The highest BCUT2D eigenvalue weighted by Crippen LogP contribution is 2.29. The lowest BCUT2D eigenvalue weighted by Crippen LogP contribution is -1.98. The second-order valence-electron chi connectivity index (χ2n) is 4.97. The van der Waals surface area contributed by atoms with E-state index >= 15 is 0 Å². The van der Waals surface area contributed by atoms with Crippen molar-refractivity contribution in [2.75, 3.05) is 12.0 Å². The molecule has 106 valence electrons. The molecular weight excluding hydrogens is 278 g/mol. The number of nitrogens with zero attached hydrogens (tertiary/aromatic N) is 2. The van der Waals surface area contributed by atoms with Crippen LogP contribution in [0, 0.1) is 0 Å². The zero-order valence-corrected chi connectivity index (χ0v) is 12.9. The minimum Gasteiger partial charge on any atom is -0.383 e. The largest absolute Gasteiger partial charge is 0.383 e. The van der Waals surface area contributed by atoms with E-state index in [2.05, 4.69) is 46.6 Å². The summed E-state index contributed by atoms with van der Waals surface area (Å²) in [5, 5.41) is 2.12. The number of thioether (sulfide) groups is 1. The summed E-state index contributed by atoms with van der Waals surface area (Å²) in [7, 11) is 2.04. The van der Waals surface area contributed by atoms with Crippen LogP contribution in [0.4, 0.5) is 5.82 Å². The Balaban J connectivity index is 2.03. The molecule has 1 aromatic carbocycles. The van der Waals surface area contributed by atoms with Crippen LogP contribution in [0.3, 0.4) is 0 Å². The highest BCUT2D eigenvalue weighted by atomic mass is 32.2. The van der Waals surface area contributed by atoms with Gasteiger partial charge in [0.1, 0.15) is 5.82 Å². The Morgan fingerprint density at radius 2 is 2.05 bits per heavy atom. The van der Waals surface area contributed by atoms with Crippen LogP contribution in [-0.2, 0) is 7.05 Å². The number of aromatic nitrogens is 2. The number of fused-ring (bicyclic) bond motifs is 1. The van der Waals surface area contributed by atoms with E-state index in [0.29, 0.717) is 5.82 Å². The minimum absolute atomic E-state index is 0.528. The van der Waals surface area contributed by atoms with Crippen LogP contribution in [0.15, 0.2) is 54.2 Å². The number of rotatable bonds is 3. The second kappa shape index (κ2) is 5.30. The van der Waals surface area contributed by atoms with Gasteiger partial charge in [-0.25, -0.2) is 4.98 Å². The average Bonchev–Trinajstić information content (AvgIpc) is 2.87. The molecule has 3 rings (SSSR count). The molecule has 0 bridgehead atoms. The first-order chi connectivity index (χ1) is 10.1. The number of anilines is 1. The normalized spacial score (nSPS) is 11.0. The van der Waals surface area contributed by atoms with Crippen LogP contribution < -0.4 is 5.73 Å². The molecule has 0 saturated carbocycles. The maximum atomic E-state index is 6.06. The van der Waals surface area contributed by atoms with Gasteiger partial charge in [0, 0.05) is 29.7 Å². The van der Waals surface area contributed by atoms with E-state index in [1.165, 1.54) is 10.9 Å². The molecule has 2 aromatic heterocycles. The van der Waals surface area contributed by atoms with Crippen LogP contribution in [0.1, 0.15) is 11.1 Å². The van der Waals surface area contributed by atoms with Crippen molar-refractivity contribution in [1.82, 2.24) is 9.55 Å². The lowest BCUT2D eigenvalue weighted by Gasteiger charge is -2.10. The predicted octanol–water partition coefficient (Wildman–Crippen LogP) is 3.94. The van der Waals surface area contributed by atoms with Crippen LogP contribution >= 0.6 is 11.8 Å². The van der Waals surface area contributed by atoms with Crippen molar-refractivity contribution >= 4 is 34.1 Å². The number of benzene rings is 1. The van der Waals surface area contributed by atoms with Gasteiger partial charge in [-0.05, 0) is 47.7 Å². The third kappa shape index (κ3) is 2.43. The lowest BCUT2D eigenvalue weighted by molar-refractivity contribution is 0.969. The zero-order valence-electron chi connectivity index (χ0n) is 12.1. The van der Waals surface area contributed by atoms with Gasteiger partial charge in [0.25, 0.3) is 0 Å². The molecule has 0 aliphatic heterocycles. The summed E-state index contributed by atoms with van der Waals surface area (Å²) >= 11 is 1.58. The maximum Gasteiger partial charge on any atom is 0.132 e. The molecule has 0 saturated heterocycles. The van der Waals surface area contributed by atoms with Crippen molar-refractivity contribution in [2.24, 2.45) is 7.05 Å². The summed E-state index contributed by atoms with van der Waals surface area (Å²) in [6.07, 6.45) is 4.04. The van der Waals surface area contributed by atoms with E-state index in [-0.39, 0.29) is 0 Å². The average molecular weight is 295 g/mol. The number of aryl methyl sites for hydroxylation is 1. The van der Waals surface area contributed by atoms with E-state index in [1.807, 2.05) is 25.4 Å². The van der Waals surface area contributed by atoms with Gasteiger partial charge in [0.2, 0.25) is 0 Å². The molecule has 3 nitrogen and oxygen atoms in total. The molecule has 0 amide bonds. The van der Waals surface area contributed by atoms with Crippen molar-refractivity contribution in [2.45, 2.75) is 5.03 Å². The molecule has 21 heavy (non-hydrogen) atoms. The molecule has 4 heteroatoms. The van der Waals surface area contributed by atoms with Gasteiger partial charge in [-0.15, -0.1) is 11.8 Å². The standard InChI is InChI=1S/C17H17N3S/c1-11(14-5-7-16(21-3)19-17(14)18)12-4-6-15-13(10-12)8-9-20(15)2/h4-10H,1H2,2-3H3,(H2,18,19). The minimum atomic E-state index is 0.528. The van der Waals surface area contributed by atoms with Gasteiger partial charge in [-0.1, -0.05) is 12.6 Å². The second-order valence-corrected chi connectivity index (χ2v) is 5.79. The number of hydrogen-bond donors (Lipinski definition) is 1. The van der Waals surface area contributed by atoms with Gasteiger partial charge >= 0.3 is 0 Å². The highest BCUT2D eigenvalue weighted by Gasteiger charge is 2.09. The number of hydrogen-bond acceptors (Lipinski definition) is 3. The summed E-state index contributed by atoms with van der Waals surface area (Å²) < 4.78 is 2.10. The first-order valence-electron chi connectivity index (χ1n) is 6.65. The Morgan fingerprint density at radius 1 is 1.24 bits per heavy atom. The Labute approximate surface area is 128 Å². The molecule has 0 aliphatic carbocycles. The number of pyridine rings is 1. The Bertz CT molecular complexity index is 833. The fourth-order valence-electron chi connectivity index (χ4n) is 2.45. The quantitative estimate of drug-likeness (QED) is 0.744. The fraction of sp³-hybridized carbons (Fsp3) is 0.118. The molecule has 2 heterocycles. The van der Waals surface area contributed by atoms with Gasteiger partial charge in [0.15, 0.2) is 0 Å². The summed E-state index contributed by atoms with van der Waals surface area (Å²) in [4.78, 5) is 4.38. The first-order valence-corrected chi connectivity index (χ1v) is 7.88. The van der Waals surface area contributed by atoms with Gasteiger partial charge in [0.05, 0.1) is 5.03 Å². The van der Waals surface area contributed by atoms with Gasteiger partial charge < -0.3 is 10.3 Å². The van der Waals surface area contributed by atoms with E-state index in [0.717, 1.165) is 21.7 Å². The SMILES string of the molecule is C=C(c1ccc2c(ccn2C)c1)c1ccc(SC)nc1N. The molecule has 0 spiro atoms. The van der Waals surface area contributed by atoms with E-state index in [9.17, 15) is 0 Å². The smallest absolute Gasteiger partial charge is 0.132 e. The number of nitrogen functional groups attached to an aromatic ring is 1. The van der Waals surface area contributed by atoms with Crippen molar-refractivity contribution in [3.05, 3.63) is 60.3 Å². The molecule has 0 radical (unpaired) electrons. The Hall–Kier alpha value is -2.20. The van der Waals surface area contributed by atoms with E-state index in [4.69, 9.17) is 5.73 Å². The van der Waals surface area contributed by atoms with E-state index in [1.54, 1.807) is 11.8 Å². The molecule has 0 aliphatic rings. The summed E-state index contributed by atoms with van der Waals surface area (Å²) in [6, 6.07) is 12.4. The van der Waals surface area contributed by atoms with Crippen molar-refractivity contribution in [3.63, 3.8) is 0 Å². The molecule has 0 atom stereocenters. The molecule has 2 N–H and O–H groups in total. The lowest BCUT2D eigenvalue weighted by atomic mass is 9.99. The van der Waals surface area contributed by atoms with E-state index < -0.39 is 0 Å².